The average Bonchev–Trinajstić information content (AvgIpc) is 3.32. The number of amides is 3. The van der Waals surface area contributed by atoms with Crippen LogP contribution in [-0.2, 0) is 58.4 Å². The second-order valence-electron chi connectivity index (χ2n) is 22.8. The predicted octanol–water partition coefficient (Wildman–Crippen LogP) is 8.51. The number of sulfonamides is 1. The maximum Gasteiger partial charge on any atom is 0.312 e. The Morgan fingerprint density at radius 3 is 1.18 bits per heavy atom. The van der Waals surface area contributed by atoms with Crippen LogP contribution in [0.25, 0.3) is 0 Å². The first-order chi connectivity index (χ1) is 34.3. The quantitative estimate of drug-likeness (QED) is 0.0325. The summed E-state index contributed by atoms with van der Waals surface area (Å²) >= 11 is 0. The number of carbonyl (C=O) groups excluding carboxylic acids is 5. The maximum absolute atomic E-state index is 11.9. The van der Waals surface area contributed by atoms with Crippen LogP contribution in [-0.4, -0.2) is 122 Å². The lowest BCUT2D eigenvalue weighted by atomic mass is 9.89. The van der Waals surface area contributed by atoms with E-state index in [1.165, 1.54) is 38.1 Å². The summed E-state index contributed by atoms with van der Waals surface area (Å²) in [5.74, 6) is -1.81. The van der Waals surface area contributed by atoms with Gasteiger partial charge in [-0.2, -0.15) is 8.42 Å². The number of carbonyl (C=O) groups is 6. The highest BCUT2D eigenvalue weighted by molar-refractivity contribution is 7.89. The molecule has 0 spiro atoms. The van der Waals surface area contributed by atoms with Gasteiger partial charge in [-0.15, -0.1) is 0 Å². The van der Waals surface area contributed by atoms with Crippen molar-refractivity contribution in [3.05, 3.63) is 24.3 Å². The van der Waals surface area contributed by atoms with Gasteiger partial charge in [-0.05, 0) is 146 Å². The molecule has 0 saturated heterocycles. The zero-order chi connectivity index (χ0) is 63.0. The monoisotopic (exact) mass is 1150 g/mol. The zero-order valence-electron chi connectivity index (χ0n) is 51.6. The Labute approximate surface area is 464 Å². The average molecular weight is 1150 g/mol. The van der Waals surface area contributed by atoms with E-state index in [-0.39, 0.29) is 58.8 Å². The van der Waals surface area contributed by atoms with Gasteiger partial charge in [0.1, 0.15) is 13.3 Å². The molecule has 1 rings (SSSR count). The number of esters is 2. The van der Waals surface area contributed by atoms with Gasteiger partial charge in [0, 0.05) is 21.9 Å². The number of ether oxygens (including phenoxy) is 2. The van der Waals surface area contributed by atoms with E-state index < -0.39 is 58.5 Å². The number of anilines is 1. The van der Waals surface area contributed by atoms with Crippen molar-refractivity contribution in [2.45, 2.75) is 213 Å². The van der Waals surface area contributed by atoms with Crippen LogP contribution in [0.1, 0.15) is 197 Å². The Balaban J connectivity index is -0.000000197. The van der Waals surface area contributed by atoms with Crippen molar-refractivity contribution in [2.24, 2.45) is 43.4 Å². The lowest BCUT2D eigenvalue weighted by Crippen LogP contribution is -2.53. The second kappa shape index (κ2) is 37.6. The Hall–Kier alpha value is -4.26. The molecular formula is C54H107N5O16S2. The zero-order valence-corrected chi connectivity index (χ0v) is 53.2. The highest BCUT2D eigenvalue weighted by Crippen LogP contribution is 2.25. The number of aliphatic hydroxyl groups excluding tert-OH is 2. The van der Waals surface area contributed by atoms with Crippen LogP contribution in [0.3, 0.4) is 0 Å². The first-order valence-corrected chi connectivity index (χ1v) is 28.9. The van der Waals surface area contributed by atoms with Crippen LogP contribution < -0.4 is 21.5 Å². The molecule has 0 aliphatic rings. The van der Waals surface area contributed by atoms with Crippen molar-refractivity contribution >= 4 is 61.5 Å². The third kappa shape index (κ3) is 38.9. The molecule has 1 atom stereocenters. The lowest BCUT2D eigenvalue weighted by Gasteiger charge is -2.29. The molecule has 21 nitrogen and oxygen atoms in total. The van der Waals surface area contributed by atoms with Crippen molar-refractivity contribution in [3.8, 4) is 0 Å². The number of nitrogens with two attached hydrogens (primary N) is 2. The molecular weight excluding hydrogens is 1040 g/mol. The molecule has 0 saturated carbocycles. The van der Waals surface area contributed by atoms with Gasteiger partial charge in [0.05, 0.1) is 33.9 Å². The normalized spacial score (nSPS) is 12.3. The van der Waals surface area contributed by atoms with Gasteiger partial charge in [-0.3, -0.25) is 38.2 Å². The number of aliphatic hydroxyl groups is 2. The molecule has 0 fully saturated rings. The largest absolute Gasteiger partial charge is 0.481 e. The number of benzene rings is 1. The molecule has 0 aliphatic heterocycles. The number of rotatable bonds is 21. The van der Waals surface area contributed by atoms with Gasteiger partial charge in [0.2, 0.25) is 27.7 Å². The fraction of sp³-hybridized carbons (Fsp3) is 0.778. The molecule has 77 heavy (non-hydrogen) atoms. The van der Waals surface area contributed by atoms with Gasteiger partial charge in [0.25, 0.3) is 10.1 Å². The van der Waals surface area contributed by atoms with Crippen molar-refractivity contribution in [2.75, 3.05) is 39.4 Å². The van der Waals surface area contributed by atoms with Gasteiger partial charge < -0.3 is 41.2 Å². The maximum atomic E-state index is 11.9. The van der Waals surface area contributed by atoms with Crippen LogP contribution in [0, 0.1) is 32.5 Å². The summed E-state index contributed by atoms with van der Waals surface area (Å²) in [6, 6.07) is 5.76. The molecule has 456 valence electrons. The molecule has 1 aromatic rings. The number of primary sulfonamides is 1. The molecule has 0 heterocycles. The van der Waals surface area contributed by atoms with Crippen molar-refractivity contribution < 1.29 is 74.9 Å². The number of carboxylic acids is 1. The number of aliphatic carboxylic acids is 1. The molecule has 0 radical (unpaired) electrons. The Bertz CT molecular complexity index is 2090. The Morgan fingerprint density at radius 2 is 0.948 bits per heavy atom. The van der Waals surface area contributed by atoms with Crippen molar-refractivity contribution in [1.29, 1.82) is 0 Å². The molecule has 3 amide bonds. The van der Waals surface area contributed by atoms with E-state index in [2.05, 4.69) is 10.6 Å². The summed E-state index contributed by atoms with van der Waals surface area (Å²) in [4.78, 5) is 67.0. The van der Waals surface area contributed by atoms with E-state index in [9.17, 15) is 45.6 Å². The van der Waals surface area contributed by atoms with Crippen molar-refractivity contribution in [1.82, 2.24) is 10.2 Å². The number of hydrogen-bond donors (Lipinski definition) is 8. The minimum Gasteiger partial charge on any atom is -0.481 e. The number of nitrogens with zero attached hydrogens (tertiary/aromatic N) is 1. The third-order valence-electron chi connectivity index (χ3n) is 12.8. The summed E-state index contributed by atoms with van der Waals surface area (Å²) in [5.41, 5.74) is 2.85. The van der Waals surface area contributed by atoms with E-state index in [0.29, 0.717) is 31.7 Å². The van der Waals surface area contributed by atoms with E-state index in [0.717, 1.165) is 25.7 Å². The van der Waals surface area contributed by atoms with Gasteiger partial charge >= 0.3 is 17.9 Å². The second-order valence-corrected chi connectivity index (χ2v) is 26.3. The van der Waals surface area contributed by atoms with E-state index in [1.807, 2.05) is 123 Å². The summed E-state index contributed by atoms with van der Waals surface area (Å²) in [5, 5.41) is 35.2. The number of nitrogens with one attached hydrogen (secondary N) is 2. The molecule has 0 bridgehead atoms. The van der Waals surface area contributed by atoms with E-state index in [4.69, 9.17) is 40.2 Å². The third-order valence-corrected chi connectivity index (χ3v) is 15.1. The van der Waals surface area contributed by atoms with Crippen LogP contribution in [0.4, 0.5) is 5.69 Å². The molecule has 0 aliphatic carbocycles. The van der Waals surface area contributed by atoms with Gasteiger partial charge in [-0.1, -0.05) is 90.0 Å². The standard InChI is InChI=1S/C12H18N2O3S.C9H19NO4S.C9H19NO2.C8H16O3.C6H13NO.C6H12O2.C4H10O/c1-4-12(2,3)11(15)14-9-5-7-10(8-6-9)18(13,16)17;1-6-8(2,3)7(11)10-9(4,5)15(12,13)14;1-6-9(2,3)8(11)12-7-10(4)5;1-4-8(2,3)7(10)11-6-5-9;2*1-4-6(2,3)5(7)8;1-3-4(2)5/h5-8H,4H2,1-3H3,(H,14,15)(H2,13,16,17);6H2,1-5H3,(H,10,11)(H,12,13,14);6-7H2,1-5H3;9H,4-6H2,1-3H3;4H2,1-3H3,(H2,7,8);4H2,1-3H3,(H,7,8);4-5H,3H2,1-2H3. The van der Waals surface area contributed by atoms with Crippen LogP contribution in [0.5, 0.6) is 0 Å². The van der Waals surface area contributed by atoms with Gasteiger partial charge in [0.15, 0.2) is 4.87 Å². The smallest absolute Gasteiger partial charge is 0.312 e. The predicted molar refractivity (Wildman–Crippen MR) is 306 cm³/mol. The minimum atomic E-state index is -4.30. The first kappa shape index (κ1) is 84.0. The number of hydrogen-bond acceptors (Lipinski definition) is 15. The minimum absolute atomic E-state index is 0.0234. The Kier molecular flexibility index (Phi) is 41.0. The summed E-state index contributed by atoms with van der Waals surface area (Å²) in [6.45, 7) is 39.7. The van der Waals surface area contributed by atoms with Gasteiger partial charge in [-0.25, -0.2) is 13.6 Å². The molecule has 1 aromatic carbocycles. The van der Waals surface area contributed by atoms with Crippen molar-refractivity contribution in [3.63, 3.8) is 0 Å². The number of primary amides is 1. The molecule has 1 unspecified atom stereocenters. The fourth-order valence-electron chi connectivity index (χ4n) is 3.19. The first-order valence-electron chi connectivity index (χ1n) is 25.9. The van der Waals surface area contributed by atoms with Crippen LogP contribution >= 0.6 is 0 Å². The molecule has 10 N–H and O–H groups in total. The number of carboxylic acid groups (broad SMARTS) is 1. The lowest BCUT2D eigenvalue weighted by molar-refractivity contribution is -0.158. The highest BCUT2D eigenvalue weighted by Gasteiger charge is 2.38. The van der Waals surface area contributed by atoms with E-state index in [1.54, 1.807) is 34.6 Å². The Morgan fingerprint density at radius 1 is 0.610 bits per heavy atom. The summed E-state index contributed by atoms with van der Waals surface area (Å²) in [7, 11) is -4.26. The van der Waals surface area contributed by atoms with Crippen LogP contribution in [0.15, 0.2) is 29.2 Å². The summed E-state index contributed by atoms with van der Waals surface area (Å²) in [6.07, 6.45) is 5.09. The summed E-state index contributed by atoms with van der Waals surface area (Å²) < 4.78 is 62.7. The molecule has 0 aromatic heterocycles. The topological polar surface area (TPSA) is 349 Å². The SMILES string of the molecule is CCC(C)(C)C(=O)NC(C)(C)S(=O)(=O)O.CCC(C)(C)C(=O)Nc1ccc(S(N)(=O)=O)cc1.CCC(C)(C)C(=O)O.CCC(C)(C)C(=O)OCCO.CCC(C)(C)C(=O)OCN(C)C.CCC(C)(C)C(N)=O.CCC(C)O. The highest BCUT2D eigenvalue weighted by atomic mass is 32.2. The van der Waals surface area contributed by atoms with E-state index >= 15 is 0 Å². The van der Waals surface area contributed by atoms with Crippen LogP contribution in [0.2, 0.25) is 0 Å². The fourth-order valence-corrected chi connectivity index (χ4v) is 3.92. The molecule has 23 heteroatoms.